The van der Waals surface area contributed by atoms with E-state index in [4.69, 9.17) is 0 Å². The molecule has 4 rings (SSSR count). The molecular formula is C27H33FN2O3. The van der Waals surface area contributed by atoms with Gasteiger partial charge in [0, 0.05) is 18.0 Å². The minimum atomic E-state index is -0.531. The van der Waals surface area contributed by atoms with Crippen molar-refractivity contribution in [3.8, 4) is 5.75 Å². The molecule has 0 spiro atoms. The second-order valence-electron chi connectivity index (χ2n) is 10.1. The standard InChI is InChI=1S/C27H33FN2O3/c1-18(2)26(33)29-13-5-8-23-24(29)17-27(3,16-20-6-4-7-21(28)14-20)30(23)25(32)15-19-9-11-22(31)12-10-19/h4,6-7,9-12,14,18,23-24,31H,5,8,13,15-17H2,1-3H3/t23-,24-,27+/m0/s1. The number of likely N-dealkylation sites (tertiary alicyclic amines) is 2. The Labute approximate surface area is 195 Å². The Morgan fingerprint density at radius 2 is 1.85 bits per heavy atom. The highest BCUT2D eigenvalue weighted by atomic mass is 19.1. The summed E-state index contributed by atoms with van der Waals surface area (Å²) in [6.45, 7) is 6.62. The molecule has 2 aromatic carbocycles. The van der Waals surface area contributed by atoms with Gasteiger partial charge >= 0.3 is 0 Å². The lowest BCUT2D eigenvalue weighted by atomic mass is 9.87. The molecule has 2 fully saturated rings. The van der Waals surface area contributed by atoms with E-state index in [1.54, 1.807) is 30.3 Å². The van der Waals surface area contributed by atoms with E-state index in [1.165, 1.54) is 12.1 Å². The Hall–Kier alpha value is -2.89. The van der Waals surface area contributed by atoms with Gasteiger partial charge in [-0.15, -0.1) is 0 Å². The predicted molar refractivity (Wildman–Crippen MR) is 125 cm³/mol. The molecule has 6 heteroatoms. The van der Waals surface area contributed by atoms with Crippen LogP contribution in [0.3, 0.4) is 0 Å². The Bertz CT molecular complexity index is 1020. The van der Waals surface area contributed by atoms with Gasteiger partial charge in [0.15, 0.2) is 0 Å². The molecule has 2 aliphatic heterocycles. The summed E-state index contributed by atoms with van der Waals surface area (Å²) in [5, 5.41) is 9.59. The Kier molecular flexibility index (Phi) is 6.46. The van der Waals surface area contributed by atoms with Crippen LogP contribution in [0.25, 0.3) is 0 Å². The monoisotopic (exact) mass is 452 g/mol. The second kappa shape index (κ2) is 9.16. The van der Waals surface area contributed by atoms with Crippen molar-refractivity contribution in [2.45, 2.75) is 70.5 Å². The number of hydrogen-bond donors (Lipinski definition) is 1. The predicted octanol–water partition coefficient (Wildman–Crippen LogP) is 4.32. The summed E-state index contributed by atoms with van der Waals surface area (Å²) in [5.74, 6) is -0.0832. The number of halogens is 1. The number of nitrogens with zero attached hydrogens (tertiary/aromatic N) is 2. The lowest BCUT2D eigenvalue weighted by Gasteiger charge is -2.42. The third kappa shape index (κ3) is 4.75. The fraction of sp³-hybridized carbons (Fsp3) is 0.481. The lowest BCUT2D eigenvalue weighted by molar-refractivity contribution is -0.143. The van der Waals surface area contributed by atoms with Crippen LogP contribution in [-0.4, -0.2) is 50.9 Å². The van der Waals surface area contributed by atoms with Crippen molar-refractivity contribution in [3.05, 3.63) is 65.5 Å². The summed E-state index contributed by atoms with van der Waals surface area (Å²) in [5.41, 5.74) is 1.15. The molecule has 0 saturated carbocycles. The quantitative estimate of drug-likeness (QED) is 0.735. The van der Waals surface area contributed by atoms with Crippen LogP contribution in [0.2, 0.25) is 0 Å². The van der Waals surface area contributed by atoms with Gasteiger partial charge in [0.2, 0.25) is 11.8 Å². The van der Waals surface area contributed by atoms with Gasteiger partial charge < -0.3 is 14.9 Å². The highest BCUT2D eigenvalue weighted by molar-refractivity contribution is 5.82. The average Bonchev–Trinajstić information content (AvgIpc) is 3.06. The van der Waals surface area contributed by atoms with Crippen molar-refractivity contribution in [3.63, 3.8) is 0 Å². The van der Waals surface area contributed by atoms with Crippen molar-refractivity contribution >= 4 is 11.8 Å². The number of phenols is 1. The number of rotatable bonds is 5. The van der Waals surface area contributed by atoms with Gasteiger partial charge in [-0.2, -0.15) is 0 Å². The highest BCUT2D eigenvalue weighted by Gasteiger charge is 2.54. The van der Waals surface area contributed by atoms with Gasteiger partial charge in [0.05, 0.1) is 18.5 Å². The third-order valence-corrected chi connectivity index (χ3v) is 7.12. The van der Waals surface area contributed by atoms with E-state index in [2.05, 4.69) is 6.92 Å². The maximum absolute atomic E-state index is 13.9. The van der Waals surface area contributed by atoms with Crippen molar-refractivity contribution in [1.82, 2.24) is 9.80 Å². The summed E-state index contributed by atoms with van der Waals surface area (Å²) in [4.78, 5) is 30.7. The fourth-order valence-electron chi connectivity index (χ4n) is 5.74. The zero-order valence-electron chi connectivity index (χ0n) is 19.6. The van der Waals surface area contributed by atoms with Crippen LogP contribution in [-0.2, 0) is 22.4 Å². The normalized spacial score (nSPS) is 24.8. The Balaban J connectivity index is 1.67. The van der Waals surface area contributed by atoms with Crippen LogP contribution in [0, 0.1) is 11.7 Å². The molecule has 0 unspecified atom stereocenters. The number of carbonyl (C=O) groups is 2. The van der Waals surface area contributed by atoms with E-state index in [0.717, 1.165) is 24.0 Å². The number of phenolic OH excluding ortho intramolecular Hbond substituents is 1. The Morgan fingerprint density at radius 3 is 2.52 bits per heavy atom. The molecule has 0 aliphatic carbocycles. The molecule has 0 bridgehead atoms. The second-order valence-corrected chi connectivity index (χ2v) is 10.1. The number of benzene rings is 2. The minimum absolute atomic E-state index is 0.00550. The van der Waals surface area contributed by atoms with Crippen LogP contribution in [0.4, 0.5) is 4.39 Å². The number of fused-ring (bicyclic) bond motifs is 1. The molecule has 0 aromatic heterocycles. The van der Waals surface area contributed by atoms with Crippen LogP contribution in [0.15, 0.2) is 48.5 Å². The number of carbonyl (C=O) groups excluding carboxylic acids is 2. The van der Waals surface area contributed by atoms with E-state index >= 15 is 0 Å². The van der Waals surface area contributed by atoms with E-state index in [0.29, 0.717) is 19.4 Å². The first-order valence-electron chi connectivity index (χ1n) is 11.8. The van der Waals surface area contributed by atoms with Gasteiger partial charge in [-0.1, -0.05) is 38.1 Å². The van der Waals surface area contributed by atoms with Crippen molar-refractivity contribution in [2.24, 2.45) is 5.92 Å². The first kappa shape index (κ1) is 23.3. The highest BCUT2D eigenvalue weighted by Crippen LogP contribution is 2.43. The van der Waals surface area contributed by atoms with Crippen molar-refractivity contribution < 1.29 is 19.1 Å². The third-order valence-electron chi connectivity index (χ3n) is 7.12. The molecule has 0 radical (unpaired) electrons. The smallest absolute Gasteiger partial charge is 0.227 e. The van der Waals surface area contributed by atoms with Gasteiger partial charge in [-0.25, -0.2) is 4.39 Å². The van der Waals surface area contributed by atoms with E-state index in [-0.39, 0.29) is 47.8 Å². The number of amides is 2. The molecule has 176 valence electrons. The summed E-state index contributed by atoms with van der Waals surface area (Å²) < 4.78 is 13.9. The molecule has 33 heavy (non-hydrogen) atoms. The van der Waals surface area contributed by atoms with Crippen LogP contribution < -0.4 is 0 Å². The minimum Gasteiger partial charge on any atom is -0.508 e. The fourth-order valence-corrected chi connectivity index (χ4v) is 5.74. The van der Waals surface area contributed by atoms with Gasteiger partial charge in [0.25, 0.3) is 0 Å². The maximum atomic E-state index is 13.9. The first-order chi connectivity index (χ1) is 15.7. The summed E-state index contributed by atoms with van der Waals surface area (Å²) >= 11 is 0. The summed E-state index contributed by atoms with van der Waals surface area (Å²) in [6, 6.07) is 13.2. The summed E-state index contributed by atoms with van der Waals surface area (Å²) in [6.07, 6.45) is 3.14. The average molecular weight is 453 g/mol. The molecule has 2 aliphatic rings. The Morgan fingerprint density at radius 1 is 1.12 bits per heavy atom. The molecule has 5 nitrogen and oxygen atoms in total. The van der Waals surface area contributed by atoms with Gasteiger partial charge in [0.1, 0.15) is 11.6 Å². The van der Waals surface area contributed by atoms with Gasteiger partial charge in [-0.3, -0.25) is 9.59 Å². The molecule has 2 amide bonds. The number of hydrogen-bond acceptors (Lipinski definition) is 3. The van der Waals surface area contributed by atoms with Crippen LogP contribution >= 0.6 is 0 Å². The van der Waals surface area contributed by atoms with Gasteiger partial charge in [-0.05, 0) is 68.0 Å². The maximum Gasteiger partial charge on any atom is 0.227 e. The van der Waals surface area contributed by atoms with E-state index in [1.807, 2.05) is 29.7 Å². The van der Waals surface area contributed by atoms with Crippen LogP contribution in [0.1, 0.15) is 51.2 Å². The van der Waals surface area contributed by atoms with Crippen LogP contribution in [0.5, 0.6) is 5.75 Å². The molecule has 2 aromatic rings. The van der Waals surface area contributed by atoms with E-state index in [9.17, 15) is 19.1 Å². The zero-order chi connectivity index (χ0) is 23.8. The van der Waals surface area contributed by atoms with E-state index < -0.39 is 5.54 Å². The SMILES string of the molecule is CC(C)C(=O)N1CCC[C@H]2[C@@H]1C[C@@](C)(Cc1cccc(F)c1)N2C(=O)Cc1ccc(O)cc1. The molecular weight excluding hydrogens is 419 g/mol. The number of aromatic hydroxyl groups is 1. The van der Waals surface area contributed by atoms with Crippen molar-refractivity contribution in [2.75, 3.05) is 6.54 Å². The largest absolute Gasteiger partial charge is 0.508 e. The topological polar surface area (TPSA) is 60.9 Å². The lowest BCUT2D eigenvalue weighted by Crippen LogP contribution is -2.55. The molecule has 2 saturated heterocycles. The summed E-state index contributed by atoms with van der Waals surface area (Å²) in [7, 11) is 0. The molecule has 3 atom stereocenters. The van der Waals surface area contributed by atoms with Crippen molar-refractivity contribution in [1.29, 1.82) is 0 Å². The molecule has 1 N–H and O–H groups in total. The zero-order valence-corrected chi connectivity index (χ0v) is 19.6. The molecule has 2 heterocycles. The number of piperidine rings is 1. The first-order valence-corrected chi connectivity index (χ1v) is 11.8.